The number of rotatable bonds is 6. The number of imide groups is 1. The van der Waals surface area contributed by atoms with Crippen LogP contribution in [0.25, 0.3) is 0 Å². The Kier molecular flexibility index (Phi) is 6.59. The number of nitrogens with zero attached hydrogens (tertiary/aromatic N) is 4. The number of likely N-dealkylation sites (tertiary alicyclic amines) is 1. The standard InChI is InChI=1S/C29H30N6O3/c36-26-9-8-25(27(37)33-26)35-18-22-14-21(6-7-24(22)28(35)38)20-10-12-34(13-11-20)17-19-15-30-29(31-16-19)32-23-4-2-1-3-5-23/h1-7,14-16,20,25H,8-13,17-18H2,(H,30,31,32)(H,33,36,37). The molecule has 0 aliphatic carbocycles. The first-order valence-corrected chi connectivity index (χ1v) is 13.2. The molecule has 0 saturated carbocycles. The first-order chi connectivity index (χ1) is 18.5. The summed E-state index contributed by atoms with van der Waals surface area (Å²) in [6.45, 7) is 3.19. The van der Waals surface area contributed by atoms with Crippen molar-refractivity contribution in [2.75, 3.05) is 18.4 Å². The summed E-state index contributed by atoms with van der Waals surface area (Å²) in [5.41, 5.74) is 4.94. The summed E-state index contributed by atoms with van der Waals surface area (Å²) in [5.74, 6) is 0.258. The highest BCUT2D eigenvalue weighted by molar-refractivity contribution is 6.05. The lowest BCUT2D eigenvalue weighted by Gasteiger charge is -2.32. The molecule has 3 aromatic rings. The van der Waals surface area contributed by atoms with Gasteiger partial charge in [0.2, 0.25) is 17.8 Å². The molecule has 0 radical (unpaired) electrons. The Morgan fingerprint density at radius 1 is 0.947 bits per heavy atom. The molecule has 0 bridgehead atoms. The van der Waals surface area contributed by atoms with E-state index in [2.05, 4.69) is 37.6 Å². The molecule has 9 nitrogen and oxygen atoms in total. The van der Waals surface area contributed by atoms with Crippen molar-refractivity contribution in [1.29, 1.82) is 0 Å². The SMILES string of the molecule is O=C1CCC(N2Cc3cc(C4CCN(Cc5cnc(Nc6ccccc6)nc5)CC4)ccc3C2=O)C(=O)N1. The molecule has 0 spiro atoms. The number of fused-ring (bicyclic) bond motifs is 1. The van der Waals surface area contributed by atoms with Gasteiger partial charge in [0, 0.05) is 48.7 Å². The van der Waals surface area contributed by atoms with Gasteiger partial charge in [-0.15, -0.1) is 0 Å². The number of nitrogens with one attached hydrogen (secondary N) is 2. The number of benzene rings is 2. The van der Waals surface area contributed by atoms with Crippen molar-refractivity contribution in [3.63, 3.8) is 0 Å². The largest absolute Gasteiger partial charge is 0.324 e. The maximum Gasteiger partial charge on any atom is 0.255 e. The molecule has 194 valence electrons. The summed E-state index contributed by atoms with van der Waals surface area (Å²) >= 11 is 0. The van der Waals surface area contributed by atoms with E-state index in [1.54, 1.807) is 4.90 Å². The number of hydrogen-bond acceptors (Lipinski definition) is 7. The molecule has 2 N–H and O–H groups in total. The van der Waals surface area contributed by atoms with Crippen LogP contribution in [0.1, 0.15) is 58.6 Å². The van der Waals surface area contributed by atoms with Crippen LogP contribution < -0.4 is 10.6 Å². The lowest BCUT2D eigenvalue weighted by Crippen LogP contribution is -2.52. The second-order valence-corrected chi connectivity index (χ2v) is 10.3. The molecule has 2 fully saturated rings. The van der Waals surface area contributed by atoms with Crippen LogP contribution in [0.5, 0.6) is 0 Å². The van der Waals surface area contributed by atoms with Crippen molar-refractivity contribution in [1.82, 2.24) is 25.1 Å². The molecule has 3 aliphatic heterocycles. The van der Waals surface area contributed by atoms with Crippen molar-refractivity contribution < 1.29 is 14.4 Å². The zero-order valence-corrected chi connectivity index (χ0v) is 21.1. The van der Waals surface area contributed by atoms with E-state index >= 15 is 0 Å². The van der Waals surface area contributed by atoms with Gasteiger partial charge in [-0.3, -0.25) is 24.6 Å². The zero-order valence-electron chi connectivity index (χ0n) is 21.1. The predicted octanol–water partition coefficient (Wildman–Crippen LogP) is 3.36. The van der Waals surface area contributed by atoms with Crippen LogP contribution in [0.15, 0.2) is 60.9 Å². The number of carbonyl (C=O) groups excluding carboxylic acids is 3. The molecule has 2 aromatic carbocycles. The highest BCUT2D eigenvalue weighted by atomic mass is 16.2. The van der Waals surface area contributed by atoms with Gasteiger partial charge < -0.3 is 10.2 Å². The van der Waals surface area contributed by atoms with E-state index in [-0.39, 0.29) is 24.1 Å². The Hall–Kier alpha value is -4.11. The predicted molar refractivity (Wildman–Crippen MR) is 141 cm³/mol. The van der Waals surface area contributed by atoms with E-state index in [9.17, 15) is 14.4 Å². The average molecular weight is 511 g/mol. The van der Waals surface area contributed by atoms with Gasteiger partial charge in [0.05, 0.1) is 0 Å². The molecule has 1 atom stereocenters. The first-order valence-electron chi connectivity index (χ1n) is 13.2. The van der Waals surface area contributed by atoms with Gasteiger partial charge in [0.15, 0.2) is 0 Å². The molecule has 2 saturated heterocycles. The first kappa shape index (κ1) is 24.2. The Labute approximate surface area is 221 Å². The minimum Gasteiger partial charge on any atom is -0.324 e. The Morgan fingerprint density at radius 2 is 1.71 bits per heavy atom. The Morgan fingerprint density at radius 3 is 2.45 bits per heavy atom. The number of aromatic nitrogens is 2. The fraction of sp³-hybridized carbons (Fsp3) is 0.345. The lowest BCUT2D eigenvalue weighted by molar-refractivity contribution is -0.136. The van der Waals surface area contributed by atoms with E-state index in [1.807, 2.05) is 48.8 Å². The van der Waals surface area contributed by atoms with E-state index in [1.165, 1.54) is 5.56 Å². The summed E-state index contributed by atoms with van der Waals surface area (Å²) in [6.07, 6.45) is 6.50. The maximum absolute atomic E-state index is 13.0. The minimum atomic E-state index is -0.577. The number of amides is 3. The number of piperidine rings is 2. The number of carbonyl (C=O) groups is 3. The molecule has 1 unspecified atom stereocenters. The molecule has 9 heteroatoms. The fourth-order valence-electron chi connectivity index (χ4n) is 5.68. The van der Waals surface area contributed by atoms with Gasteiger partial charge in [-0.2, -0.15) is 0 Å². The third kappa shape index (κ3) is 5.02. The van der Waals surface area contributed by atoms with Gasteiger partial charge in [0.25, 0.3) is 5.91 Å². The summed E-state index contributed by atoms with van der Waals surface area (Å²) < 4.78 is 0. The molecular formula is C29H30N6O3. The van der Waals surface area contributed by atoms with Gasteiger partial charge >= 0.3 is 0 Å². The van der Waals surface area contributed by atoms with Crippen molar-refractivity contribution in [2.45, 2.75) is 50.7 Å². The van der Waals surface area contributed by atoms with Gasteiger partial charge in [-0.1, -0.05) is 30.3 Å². The van der Waals surface area contributed by atoms with Crippen LogP contribution in [-0.2, 0) is 22.7 Å². The summed E-state index contributed by atoms with van der Waals surface area (Å²) in [7, 11) is 0. The molecular weight excluding hydrogens is 480 g/mol. The third-order valence-electron chi connectivity index (χ3n) is 7.75. The van der Waals surface area contributed by atoms with Crippen LogP contribution in [0.3, 0.4) is 0 Å². The molecule has 3 amide bonds. The summed E-state index contributed by atoms with van der Waals surface area (Å²) in [4.78, 5) is 49.8. The lowest BCUT2D eigenvalue weighted by atomic mass is 9.88. The quantitative estimate of drug-likeness (QED) is 0.490. The van der Waals surface area contributed by atoms with Crippen LogP contribution in [0.2, 0.25) is 0 Å². The van der Waals surface area contributed by atoms with Crippen molar-refractivity contribution in [3.8, 4) is 0 Å². The van der Waals surface area contributed by atoms with Crippen molar-refractivity contribution in [2.24, 2.45) is 0 Å². The number of anilines is 2. The van der Waals surface area contributed by atoms with Crippen molar-refractivity contribution in [3.05, 3.63) is 83.2 Å². The normalized spacial score (nSPS) is 20.4. The summed E-state index contributed by atoms with van der Waals surface area (Å²) in [6, 6.07) is 15.4. The Bertz CT molecular complexity index is 1350. The van der Waals surface area contributed by atoms with Gasteiger partial charge in [-0.25, -0.2) is 9.97 Å². The number of para-hydroxylation sites is 1. The number of hydrogen-bond donors (Lipinski definition) is 2. The van der Waals surface area contributed by atoms with E-state index in [4.69, 9.17) is 0 Å². The highest BCUT2D eigenvalue weighted by Crippen LogP contribution is 2.34. The Balaban J connectivity index is 1.03. The molecule has 38 heavy (non-hydrogen) atoms. The molecule has 1 aromatic heterocycles. The topological polar surface area (TPSA) is 108 Å². The summed E-state index contributed by atoms with van der Waals surface area (Å²) in [5, 5.41) is 5.57. The smallest absolute Gasteiger partial charge is 0.255 e. The maximum atomic E-state index is 13.0. The van der Waals surface area contributed by atoms with Gasteiger partial charge in [-0.05, 0) is 67.6 Å². The van der Waals surface area contributed by atoms with E-state index in [0.717, 1.165) is 49.3 Å². The highest BCUT2D eigenvalue weighted by Gasteiger charge is 2.39. The second kappa shape index (κ2) is 10.3. The van der Waals surface area contributed by atoms with E-state index in [0.29, 0.717) is 30.4 Å². The monoisotopic (exact) mass is 510 g/mol. The zero-order chi connectivity index (χ0) is 26.1. The van der Waals surface area contributed by atoms with Crippen LogP contribution in [0.4, 0.5) is 11.6 Å². The van der Waals surface area contributed by atoms with Gasteiger partial charge in [0.1, 0.15) is 6.04 Å². The van der Waals surface area contributed by atoms with E-state index < -0.39 is 6.04 Å². The minimum absolute atomic E-state index is 0.122. The molecule has 3 aliphatic rings. The van der Waals surface area contributed by atoms with Crippen LogP contribution >= 0.6 is 0 Å². The molecule has 6 rings (SSSR count). The fourth-order valence-corrected chi connectivity index (χ4v) is 5.68. The van der Waals surface area contributed by atoms with Crippen molar-refractivity contribution >= 4 is 29.4 Å². The second-order valence-electron chi connectivity index (χ2n) is 10.3. The molecule has 4 heterocycles. The average Bonchev–Trinajstić information content (AvgIpc) is 3.26. The van der Waals surface area contributed by atoms with Crippen LogP contribution in [-0.4, -0.2) is 56.6 Å². The van der Waals surface area contributed by atoms with Crippen LogP contribution in [0, 0.1) is 0 Å². The third-order valence-corrected chi connectivity index (χ3v) is 7.75.